The third kappa shape index (κ3) is 4.89. The van der Waals surface area contributed by atoms with Crippen molar-refractivity contribution in [3.05, 3.63) is 47.5 Å². The largest absolute Gasteiger partial charge is 0.325 e. The second kappa shape index (κ2) is 8.06. The van der Waals surface area contributed by atoms with Crippen molar-refractivity contribution in [1.29, 1.82) is 0 Å². The van der Waals surface area contributed by atoms with Crippen LogP contribution in [0.1, 0.15) is 24.7 Å². The molecular weight excluding hydrogens is 307 g/mol. The Labute approximate surface area is 142 Å². The van der Waals surface area contributed by atoms with Gasteiger partial charge in [0.15, 0.2) is 0 Å². The second-order valence-corrected chi connectivity index (χ2v) is 6.16. The van der Waals surface area contributed by atoms with Gasteiger partial charge < -0.3 is 5.32 Å². The van der Waals surface area contributed by atoms with Crippen LogP contribution in [0.25, 0.3) is 0 Å². The van der Waals surface area contributed by atoms with E-state index in [-0.39, 0.29) is 17.8 Å². The van der Waals surface area contributed by atoms with Crippen molar-refractivity contribution >= 4 is 11.6 Å². The van der Waals surface area contributed by atoms with E-state index in [0.717, 1.165) is 30.9 Å². The number of halogens is 1. The molecule has 1 unspecified atom stereocenters. The van der Waals surface area contributed by atoms with Gasteiger partial charge in [-0.15, -0.1) is 0 Å². The molecule has 0 aliphatic rings. The first-order chi connectivity index (χ1) is 11.4. The summed E-state index contributed by atoms with van der Waals surface area (Å²) in [6, 6.07) is 7.57. The third-order valence-corrected chi connectivity index (χ3v) is 4.14. The summed E-state index contributed by atoms with van der Waals surface area (Å²) in [5.41, 5.74) is 2.77. The van der Waals surface area contributed by atoms with Crippen LogP contribution in [0.3, 0.4) is 0 Å². The molecule has 1 atom stereocenters. The Balaban J connectivity index is 1.80. The first kappa shape index (κ1) is 18.1. The van der Waals surface area contributed by atoms with Gasteiger partial charge in [-0.05, 0) is 64.6 Å². The van der Waals surface area contributed by atoms with E-state index in [9.17, 15) is 9.18 Å². The van der Waals surface area contributed by atoms with E-state index in [1.807, 2.05) is 37.4 Å². The monoisotopic (exact) mass is 332 g/mol. The van der Waals surface area contributed by atoms with E-state index >= 15 is 0 Å². The molecule has 0 aliphatic carbocycles. The smallest absolute Gasteiger partial charge is 0.241 e. The SMILES string of the molecule is Cc1cc(C)n(CCCN(C)C(C)C(=O)Nc2ccc(F)cc2)n1. The number of likely N-dealkylation sites (N-methyl/N-ethyl adjacent to an activating group) is 1. The van der Waals surface area contributed by atoms with Crippen LogP contribution >= 0.6 is 0 Å². The van der Waals surface area contributed by atoms with Gasteiger partial charge in [-0.3, -0.25) is 14.4 Å². The third-order valence-electron chi connectivity index (χ3n) is 4.14. The van der Waals surface area contributed by atoms with Crippen LogP contribution in [0.15, 0.2) is 30.3 Å². The van der Waals surface area contributed by atoms with E-state index in [4.69, 9.17) is 0 Å². The fraction of sp³-hybridized carbons (Fsp3) is 0.444. The predicted molar refractivity (Wildman–Crippen MR) is 93.4 cm³/mol. The maximum absolute atomic E-state index is 12.9. The lowest BCUT2D eigenvalue weighted by Gasteiger charge is -2.24. The highest BCUT2D eigenvalue weighted by Crippen LogP contribution is 2.10. The summed E-state index contributed by atoms with van der Waals surface area (Å²) in [5.74, 6) is -0.419. The summed E-state index contributed by atoms with van der Waals surface area (Å²) in [5, 5.41) is 7.24. The Morgan fingerprint density at radius 1 is 1.33 bits per heavy atom. The quantitative estimate of drug-likeness (QED) is 0.848. The van der Waals surface area contributed by atoms with Crippen molar-refractivity contribution in [3.8, 4) is 0 Å². The Hall–Kier alpha value is -2.21. The van der Waals surface area contributed by atoms with Gasteiger partial charge in [0.1, 0.15) is 5.82 Å². The van der Waals surface area contributed by atoms with Gasteiger partial charge >= 0.3 is 0 Å². The first-order valence-electron chi connectivity index (χ1n) is 8.14. The van der Waals surface area contributed by atoms with Gasteiger partial charge in [-0.1, -0.05) is 0 Å². The fourth-order valence-corrected chi connectivity index (χ4v) is 2.54. The summed E-state index contributed by atoms with van der Waals surface area (Å²) in [7, 11) is 1.93. The van der Waals surface area contributed by atoms with Crippen LogP contribution in [-0.2, 0) is 11.3 Å². The van der Waals surface area contributed by atoms with Crippen molar-refractivity contribution in [3.63, 3.8) is 0 Å². The van der Waals surface area contributed by atoms with Crippen molar-refractivity contribution in [2.75, 3.05) is 18.9 Å². The predicted octanol–water partition coefficient (Wildman–Crippen LogP) is 2.99. The van der Waals surface area contributed by atoms with E-state index in [2.05, 4.69) is 16.5 Å². The van der Waals surface area contributed by atoms with Gasteiger partial charge in [0.2, 0.25) is 5.91 Å². The van der Waals surface area contributed by atoms with Crippen molar-refractivity contribution in [2.24, 2.45) is 0 Å². The van der Waals surface area contributed by atoms with Crippen molar-refractivity contribution < 1.29 is 9.18 Å². The highest BCUT2D eigenvalue weighted by molar-refractivity contribution is 5.94. The molecule has 0 fully saturated rings. The summed E-state index contributed by atoms with van der Waals surface area (Å²) < 4.78 is 14.9. The number of anilines is 1. The molecule has 5 nitrogen and oxygen atoms in total. The number of rotatable bonds is 7. The number of carbonyl (C=O) groups is 1. The average molecular weight is 332 g/mol. The standard InChI is InChI=1S/C18H25FN4O/c1-13-12-14(2)23(21-13)11-5-10-22(4)15(3)18(24)20-17-8-6-16(19)7-9-17/h6-9,12,15H,5,10-11H2,1-4H3,(H,20,24). The summed E-state index contributed by atoms with van der Waals surface area (Å²) in [6.07, 6.45) is 0.909. The van der Waals surface area contributed by atoms with Crippen LogP contribution in [0.5, 0.6) is 0 Å². The number of hydrogen-bond acceptors (Lipinski definition) is 3. The summed E-state index contributed by atoms with van der Waals surface area (Å²) >= 11 is 0. The fourth-order valence-electron chi connectivity index (χ4n) is 2.54. The van der Waals surface area contributed by atoms with Crippen LogP contribution in [0.4, 0.5) is 10.1 Å². The molecule has 1 N–H and O–H groups in total. The zero-order chi connectivity index (χ0) is 17.7. The van der Waals surface area contributed by atoms with Gasteiger partial charge in [-0.25, -0.2) is 4.39 Å². The molecule has 1 aromatic carbocycles. The molecular formula is C18H25FN4O. The maximum atomic E-state index is 12.9. The minimum Gasteiger partial charge on any atom is -0.325 e. The average Bonchev–Trinajstić information content (AvgIpc) is 2.86. The zero-order valence-corrected chi connectivity index (χ0v) is 14.7. The molecule has 1 amide bonds. The molecule has 0 radical (unpaired) electrons. The lowest BCUT2D eigenvalue weighted by atomic mass is 10.2. The molecule has 0 bridgehead atoms. The number of benzene rings is 1. The van der Waals surface area contributed by atoms with E-state index in [1.165, 1.54) is 12.1 Å². The number of aromatic nitrogens is 2. The Bertz CT molecular complexity index is 681. The lowest BCUT2D eigenvalue weighted by Crippen LogP contribution is -2.40. The van der Waals surface area contributed by atoms with Gasteiger partial charge in [-0.2, -0.15) is 5.10 Å². The second-order valence-electron chi connectivity index (χ2n) is 6.16. The molecule has 130 valence electrons. The van der Waals surface area contributed by atoms with Crippen LogP contribution in [0.2, 0.25) is 0 Å². The molecule has 1 aromatic heterocycles. The number of aryl methyl sites for hydroxylation is 3. The van der Waals surface area contributed by atoms with Crippen molar-refractivity contribution in [1.82, 2.24) is 14.7 Å². The molecule has 6 heteroatoms. The van der Waals surface area contributed by atoms with Crippen molar-refractivity contribution in [2.45, 2.75) is 39.8 Å². The Morgan fingerprint density at radius 2 is 2.00 bits per heavy atom. The molecule has 0 aliphatic heterocycles. The number of nitrogens with one attached hydrogen (secondary N) is 1. The van der Waals surface area contributed by atoms with Crippen LogP contribution in [0, 0.1) is 19.7 Å². The summed E-state index contributed by atoms with van der Waals surface area (Å²) in [4.78, 5) is 14.3. The molecule has 24 heavy (non-hydrogen) atoms. The number of amides is 1. The number of nitrogens with zero attached hydrogens (tertiary/aromatic N) is 3. The van der Waals surface area contributed by atoms with E-state index < -0.39 is 0 Å². The highest BCUT2D eigenvalue weighted by atomic mass is 19.1. The van der Waals surface area contributed by atoms with Gasteiger partial charge in [0, 0.05) is 24.5 Å². The molecule has 2 aromatic rings. The Morgan fingerprint density at radius 3 is 2.58 bits per heavy atom. The molecule has 2 rings (SSSR count). The van der Waals surface area contributed by atoms with E-state index in [1.54, 1.807) is 12.1 Å². The van der Waals surface area contributed by atoms with Gasteiger partial charge in [0.05, 0.1) is 11.7 Å². The van der Waals surface area contributed by atoms with Gasteiger partial charge in [0.25, 0.3) is 0 Å². The van der Waals surface area contributed by atoms with Crippen LogP contribution in [-0.4, -0.2) is 40.2 Å². The topological polar surface area (TPSA) is 50.2 Å². The summed E-state index contributed by atoms with van der Waals surface area (Å²) in [6.45, 7) is 7.51. The lowest BCUT2D eigenvalue weighted by molar-refractivity contribution is -0.120. The highest BCUT2D eigenvalue weighted by Gasteiger charge is 2.17. The molecule has 0 saturated carbocycles. The Kier molecular flexibility index (Phi) is 6.09. The molecule has 0 saturated heterocycles. The van der Waals surface area contributed by atoms with Crippen LogP contribution < -0.4 is 5.32 Å². The molecule has 1 heterocycles. The number of carbonyl (C=O) groups excluding carboxylic acids is 1. The first-order valence-corrected chi connectivity index (χ1v) is 8.14. The minimum atomic E-state index is -0.317. The zero-order valence-electron chi connectivity index (χ0n) is 14.7. The number of hydrogen-bond donors (Lipinski definition) is 1. The maximum Gasteiger partial charge on any atom is 0.241 e. The molecule has 0 spiro atoms. The normalized spacial score (nSPS) is 12.4. The minimum absolute atomic E-state index is 0.102. The van der Waals surface area contributed by atoms with E-state index in [0.29, 0.717) is 5.69 Å².